The summed E-state index contributed by atoms with van der Waals surface area (Å²) in [6.45, 7) is 6.26. The summed E-state index contributed by atoms with van der Waals surface area (Å²) >= 11 is 3.47. The fourth-order valence-corrected chi connectivity index (χ4v) is 2.51. The first-order chi connectivity index (χ1) is 11.0. The van der Waals surface area contributed by atoms with E-state index >= 15 is 0 Å². The van der Waals surface area contributed by atoms with Crippen molar-refractivity contribution in [3.05, 3.63) is 40.8 Å². The minimum atomic E-state index is -0.506. The Morgan fingerprint density at radius 3 is 2.91 bits per heavy atom. The first kappa shape index (κ1) is 18.1. The maximum absolute atomic E-state index is 9.83. The molecule has 1 unspecified atom stereocenters. The van der Waals surface area contributed by atoms with Crippen LogP contribution in [-0.4, -0.2) is 40.9 Å². The van der Waals surface area contributed by atoms with Gasteiger partial charge in [-0.05, 0) is 18.1 Å². The summed E-state index contributed by atoms with van der Waals surface area (Å²) in [5.74, 6) is 1.32. The van der Waals surface area contributed by atoms with Crippen molar-refractivity contribution in [2.75, 3.05) is 19.8 Å². The zero-order valence-corrected chi connectivity index (χ0v) is 15.1. The Hall–Kier alpha value is -1.21. The molecule has 0 aliphatic carbocycles. The number of H-pyrrole nitrogens is 1. The second kappa shape index (κ2) is 9.17. The van der Waals surface area contributed by atoms with E-state index in [4.69, 9.17) is 4.74 Å². The molecule has 3 N–H and O–H groups in total. The number of nitrogens with one attached hydrogen (secondary N) is 2. The molecule has 0 saturated heterocycles. The fraction of sp³-hybridized carbons (Fsp3) is 0.471. The van der Waals surface area contributed by atoms with Crippen molar-refractivity contribution in [1.82, 2.24) is 15.3 Å². The van der Waals surface area contributed by atoms with Crippen LogP contribution in [0.4, 0.5) is 0 Å². The van der Waals surface area contributed by atoms with Gasteiger partial charge in [0.05, 0.1) is 31.1 Å². The van der Waals surface area contributed by atoms with Crippen molar-refractivity contribution in [2.24, 2.45) is 5.92 Å². The molecule has 126 valence electrons. The van der Waals surface area contributed by atoms with Crippen LogP contribution in [0.5, 0.6) is 0 Å². The number of hydrogen-bond donors (Lipinski definition) is 3. The van der Waals surface area contributed by atoms with Crippen LogP contribution in [0.1, 0.15) is 19.7 Å². The fourth-order valence-electron chi connectivity index (χ4n) is 2.11. The first-order valence-electron chi connectivity index (χ1n) is 7.81. The molecule has 6 heteroatoms. The van der Waals surface area contributed by atoms with Crippen LogP contribution in [-0.2, 0) is 11.3 Å². The molecule has 0 radical (unpaired) electrons. The number of aliphatic hydroxyl groups is 1. The Morgan fingerprint density at radius 1 is 1.35 bits per heavy atom. The normalized spacial score (nSPS) is 12.7. The molecule has 0 bridgehead atoms. The first-order valence-corrected chi connectivity index (χ1v) is 8.60. The lowest BCUT2D eigenvalue weighted by Gasteiger charge is -2.13. The lowest BCUT2D eigenvalue weighted by atomic mass is 10.2. The van der Waals surface area contributed by atoms with E-state index in [2.05, 4.69) is 45.1 Å². The Labute approximate surface area is 145 Å². The van der Waals surface area contributed by atoms with Gasteiger partial charge in [0.2, 0.25) is 0 Å². The lowest BCUT2D eigenvalue weighted by molar-refractivity contribution is 0.0260. The van der Waals surface area contributed by atoms with E-state index in [9.17, 15) is 5.11 Å². The van der Waals surface area contributed by atoms with Crippen LogP contribution in [0.2, 0.25) is 0 Å². The predicted molar refractivity (Wildman–Crippen MR) is 95.1 cm³/mol. The second-order valence-electron chi connectivity index (χ2n) is 5.97. The van der Waals surface area contributed by atoms with Crippen molar-refractivity contribution < 1.29 is 9.84 Å². The summed E-state index contributed by atoms with van der Waals surface area (Å²) in [7, 11) is 0. The maximum atomic E-state index is 9.83. The summed E-state index contributed by atoms with van der Waals surface area (Å²) in [6.07, 6.45) is 1.31. The third-order valence-electron chi connectivity index (χ3n) is 3.20. The van der Waals surface area contributed by atoms with Gasteiger partial charge in [-0.1, -0.05) is 41.9 Å². The average Bonchev–Trinajstić information content (AvgIpc) is 2.96. The topological polar surface area (TPSA) is 70.2 Å². The average molecular weight is 382 g/mol. The van der Waals surface area contributed by atoms with Gasteiger partial charge in [0, 0.05) is 23.2 Å². The molecular formula is C17H24BrN3O2. The third-order valence-corrected chi connectivity index (χ3v) is 3.69. The molecule has 2 aromatic rings. The molecule has 0 aliphatic heterocycles. The monoisotopic (exact) mass is 381 g/mol. The van der Waals surface area contributed by atoms with E-state index in [1.807, 2.05) is 30.5 Å². The highest BCUT2D eigenvalue weighted by atomic mass is 79.9. The van der Waals surface area contributed by atoms with Gasteiger partial charge in [-0.25, -0.2) is 4.98 Å². The number of halogens is 1. The van der Waals surface area contributed by atoms with E-state index in [1.54, 1.807) is 0 Å². The number of nitrogens with zero attached hydrogens (tertiary/aromatic N) is 1. The number of hydrogen-bond acceptors (Lipinski definition) is 4. The van der Waals surface area contributed by atoms with Gasteiger partial charge in [-0.3, -0.25) is 0 Å². The van der Waals surface area contributed by atoms with E-state index in [-0.39, 0.29) is 0 Å². The zero-order chi connectivity index (χ0) is 16.7. The largest absolute Gasteiger partial charge is 0.389 e. The summed E-state index contributed by atoms with van der Waals surface area (Å²) < 4.78 is 6.45. The molecular weight excluding hydrogens is 358 g/mol. The van der Waals surface area contributed by atoms with Crippen molar-refractivity contribution in [3.8, 4) is 11.3 Å². The van der Waals surface area contributed by atoms with Gasteiger partial charge in [0.25, 0.3) is 0 Å². The Bertz CT molecular complexity index is 601. The van der Waals surface area contributed by atoms with Crippen LogP contribution in [0, 0.1) is 5.92 Å². The van der Waals surface area contributed by atoms with Gasteiger partial charge in [0.15, 0.2) is 0 Å². The minimum absolute atomic E-state index is 0.354. The van der Waals surface area contributed by atoms with Crippen LogP contribution >= 0.6 is 15.9 Å². The van der Waals surface area contributed by atoms with Crippen molar-refractivity contribution in [3.63, 3.8) is 0 Å². The molecule has 0 saturated carbocycles. The maximum Gasteiger partial charge on any atom is 0.120 e. The molecule has 2 rings (SSSR count). The summed E-state index contributed by atoms with van der Waals surface area (Å²) in [4.78, 5) is 7.64. The standard InChI is InChI=1S/C17H24BrN3O2/c1-12(2)10-23-11-15(22)7-19-9-17-20-8-16(21-17)13-4-3-5-14(18)6-13/h3-6,8,12,15,19,22H,7,9-11H2,1-2H3,(H,20,21). The summed E-state index contributed by atoms with van der Waals surface area (Å²) in [6, 6.07) is 8.06. The number of aliphatic hydroxyl groups excluding tert-OH is 1. The summed E-state index contributed by atoms with van der Waals surface area (Å²) in [5.41, 5.74) is 2.06. The van der Waals surface area contributed by atoms with Gasteiger partial charge < -0.3 is 20.1 Å². The molecule has 1 aromatic heterocycles. The number of aromatic nitrogens is 2. The quantitative estimate of drug-likeness (QED) is 0.624. The van der Waals surface area contributed by atoms with Crippen LogP contribution in [0.25, 0.3) is 11.3 Å². The number of rotatable bonds is 9. The third kappa shape index (κ3) is 6.43. The van der Waals surface area contributed by atoms with Crippen molar-refractivity contribution in [1.29, 1.82) is 0 Å². The number of benzene rings is 1. The SMILES string of the molecule is CC(C)COCC(O)CNCc1ncc(-c2cccc(Br)c2)[nH]1. The molecule has 0 aliphatic rings. The van der Waals surface area contributed by atoms with E-state index in [1.165, 1.54) is 0 Å². The van der Waals surface area contributed by atoms with Gasteiger partial charge in [-0.2, -0.15) is 0 Å². The van der Waals surface area contributed by atoms with Gasteiger partial charge in [0.1, 0.15) is 5.82 Å². The minimum Gasteiger partial charge on any atom is -0.389 e. The second-order valence-corrected chi connectivity index (χ2v) is 6.89. The zero-order valence-electron chi connectivity index (χ0n) is 13.6. The van der Waals surface area contributed by atoms with Crippen LogP contribution < -0.4 is 5.32 Å². The molecule has 0 spiro atoms. The van der Waals surface area contributed by atoms with E-state index in [0.717, 1.165) is 21.6 Å². The molecule has 1 aromatic carbocycles. The molecule has 23 heavy (non-hydrogen) atoms. The number of imidazole rings is 1. The molecule has 5 nitrogen and oxygen atoms in total. The lowest BCUT2D eigenvalue weighted by Crippen LogP contribution is -2.30. The number of aromatic amines is 1. The summed E-state index contributed by atoms with van der Waals surface area (Å²) in [5, 5.41) is 13.0. The van der Waals surface area contributed by atoms with Gasteiger partial charge in [-0.15, -0.1) is 0 Å². The Balaban J connectivity index is 1.75. The van der Waals surface area contributed by atoms with E-state index < -0.39 is 6.10 Å². The Morgan fingerprint density at radius 2 is 2.17 bits per heavy atom. The predicted octanol–water partition coefficient (Wildman–Crippen LogP) is 2.96. The van der Waals surface area contributed by atoms with Crippen LogP contribution in [0.3, 0.4) is 0 Å². The highest BCUT2D eigenvalue weighted by Crippen LogP contribution is 2.21. The Kier molecular flexibility index (Phi) is 7.23. The molecule has 0 fully saturated rings. The van der Waals surface area contributed by atoms with Crippen LogP contribution in [0.15, 0.2) is 34.9 Å². The van der Waals surface area contributed by atoms with Gasteiger partial charge >= 0.3 is 0 Å². The number of ether oxygens (including phenoxy) is 1. The molecule has 1 heterocycles. The molecule has 1 atom stereocenters. The van der Waals surface area contributed by atoms with Crippen molar-refractivity contribution >= 4 is 15.9 Å². The smallest absolute Gasteiger partial charge is 0.120 e. The molecule has 0 amide bonds. The highest BCUT2D eigenvalue weighted by molar-refractivity contribution is 9.10. The highest BCUT2D eigenvalue weighted by Gasteiger charge is 2.07. The van der Waals surface area contributed by atoms with E-state index in [0.29, 0.717) is 32.2 Å². The van der Waals surface area contributed by atoms with Crippen molar-refractivity contribution in [2.45, 2.75) is 26.5 Å².